The summed E-state index contributed by atoms with van der Waals surface area (Å²) in [6, 6.07) is 12.3. The second-order valence-corrected chi connectivity index (χ2v) is 5.15. The Morgan fingerprint density at radius 3 is 2.84 bits per heavy atom. The van der Waals surface area contributed by atoms with E-state index >= 15 is 0 Å². The molecule has 1 fully saturated rings. The maximum absolute atomic E-state index is 12.1. The Morgan fingerprint density at radius 1 is 1.47 bits per heavy atom. The molecule has 0 bridgehead atoms. The van der Waals surface area contributed by atoms with Gasteiger partial charge in [0, 0.05) is 11.8 Å². The van der Waals surface area contributed by atoms with Gasteiger partial charge in [-0.3, -0.25) is 4.79 Å². The zero-order valence-corrected chi connectivity index (χ0v) is 11.3. The Morgan fingerprint density at radius 2 is 2.21 bits per heavy atom. The van der Waals surface area contributed by atoms with Crippen LogP contribution in [-0.4, -0.2) is 13.1 Å². The van der Waals surface area contributed by atoms with Gasteiger partial charge in [-0.05, 0) is 24.8 Å². The third-order valence-electron chi connectivity index (χ3n) is 4.30. The maximum atomic E-state index is 12.1. The smallest absolute Gasteiger partial charge is 0.309 e. The molecule has 100 valence electrons. The molecule has 1 aliphatic rings. The van der Waals surface area contributed by atoms with Crippen LogP contribution in [0.25, 0.3) is 0 Å². The fourth-order valence-electron chi connectivity index (χ4n) is 3.40. The highest BCUT2D eigenvalue weighted by atomic mass is 16.5. The van der Waals surface area contributed by atoms with E-state index < -0.39 is 0 Å². The number of esters is 1. The molecule has 0 saturated heterocycles. The lowest BCUT2D eigenvalue weighted by atomic mass is 9.69. The minimum Gasteiger partial charge on any atom is -0.469 e. The van der Waals surface area contributed by atoms with Gasteiger partial charge in [-0.1, -0.05) is 36.8 Å². The molecule has 0 aliphatic heterocycles. The van der Waals surface area contributed by atoms with E-state index in [2.05, 4.69) is 18.2 Å². The molecule has 19 heavy (non-hydrogen) atoms. The van der Waals surface area contributed by atoms with Crippen molar-refractivity contribution in [3.63, 3.8) is 0 Å². The van der Waals surface area contributed by atoms with Gasteiger partial charge in [0.2, 0.25) is 0 Å². The Kier molecular flexibility index (Phi) is 4.21. The molecular weight excluding hydrogens is 238 g/mol. The van der Waals surface area contributed by atoms with Gasteiger partial charge in [0.1, 0.15) is 0 Å². The summed E-state index contributed by atoms with van der Waals surface area (Å²) in [5.41, 5.74) is 0.947. The van der Waals surface area contributed by atoms with Crippen molar-refractivity contribution in [2.75, 3.05) is 7.11 Å². The SMILES string of the molecule is COC(=O)C1CCCC1(CCC#N)c1ccccc1. The predicted molar refractivity (Wildman–Crippen MR) is 72.3 cm³/mol. The Bertz CT molecular complexity index is 477. The number of hydrogen-bond donors (Lipinski definition) is 0. The molecule has 2 atom stereocenters. The Balaban J connectivity index is 2.40. The van der Waals surface area contributed by atoms with Gasteiger partial charge >= 0.3 is 5.97 Å². The van der Waals surface area contributed by atoms with Crippen LogP contribution in [0.15, 0.2) is 30.3 Å². The first-order valence-electron chi connectivity index (χ1n) is 6.75. The first kappa shape index (κ1) is 13.6. The summed E-state index contributed by atoms with van der Waals surface area (Å²) in [4.78, 5) is 12.1. The number of benzene rings is 1. The predicted octanol–water partition coefficient (Wildman–Crippen LogP) is 3.20. The summed E-state index contributed by atoms with van der Waals surface area (Å²) < 4.78 is 4.97. The number of carbonyl (C=O) groups excluding carboxylic acids is 1. The molecule has 2 unspecified atom stereocenters. The van der Waals surface area contributed by atoms with Crippen LogP contribution in [0.3, 0.4) is 0 Å². The first-order chi connectivity index (χ1) is 9.24. The quantitative estimate of drug-likeness (QED) is 0.778. The van der Waals surface area contributed by atoms with Crippen molar-refractivity contribution in [1.82, 2.24) is 0 Å². The van der Waals surface area contributed by atoms with Gasteiger partial charge in [-0.15, -0.1) is 0 Å². The van der Waals surface area contributed by atoms with Crippen LogP contribution in [-0.2, 0) is 14.9 Å². The largest absolute Gasteiger partial charge is 0.469 e. The van der Waals surface area contributed by atoms with Crippen LogP contribution < -0.4 is 0 Å². The van der Waals surface area contributed by atoms with E-state index in [1.54, 1.807) is 0 Å². The number of methoxy groups -OCH3 is 1. The third-order valence-corrected chi connectivity index (χ3v) is 4.30. The van der Waals surface area contributed by atoms with Crippen LogP contribution in [0.2, 0.25) is 0 Å². The molecule has 1 aromatic rings. The van der Waals surface area contributed by atoms with Gasteiger partial charge in [-0.25, -0.2) is 0 Å². The number of rotatable bonds is 4. The molecule has 1 saturated carbocycles. The van der Waals surface area contributed by atoms with Crippen molar-refractivity contribution in [1.29, 1.82) is 5.26 Å². The van der Waals surface area contributed by atoms with Crippen molar-refractivity contribution in [2.24, 2.45) is 5.92 Å². The second kappa shape index (κ2) is 5.88. The molecule has 0 N–H and O–H groups in total. The molecule has 0 spiro atoms. The van der Waals surface area contributed by atoms with E-state index in [0.717, 1.165) is 31.2 Å². The summed E-state index contributed by atoms with van der Waals surface area (Å²) in [7, 11) is 1.45. The van der Waals surface area contributed by atoms with Gasteiger partial charge < -0.3 is 4.74 Å². The first-order valence-corrected chi connectivity index (χ1v) is 6.75. The molecule has 1 aromatic carbocycles. The van der Waals surface area contributed by atoms with Crippen LogP contribution >= 0.6 is 0 Å². The van der Waals surface area contributed by atoms with Crippen LogP contribution in [0.1, 0.15) is 37.7 Å². The monoisotopic (exact) mass is 257 g/mol. The Labute approximate surface area is 114 Å². The molecular formula is C16H19NO2. The summed E-state index contributed by atoms with van der Waals surface area (Å²) in [6.07, 6.45) is 4.03. The summed E-state index contributed by atoms with van der Waals surface area (Å²) in [6.45, 7) is 0. The van der Waals surface area contributed by atoms with Gasteiger partial charge in [-0.2, -0.15) is 5.26 Å². The van der Waals surface area contributed by atoms with Crippen molar-refractivity contribution >= 4 is 5.97 Å². The van der Waals surface area contributed by atoms with Gasteiger partial charge in [0.25, 0.3) is 0 Å². The summed E-state index contributed by atoms with van der Waals surface area (Å²) in [5.74, 6) is -0.257. The molecule has 0 amide bonds. The number of nitrogens with zero attached hydrogens (tertiary/aromatic N) is 1. The van der Waals surface area contributed by atoms with E-state index in [4.69, 9.17) is 10.00 Å². The highest BCUT2D eigenvalue weighted by Gasteiger charge is 2.47. The molecule has 2 rings (SSSR count). The van der Waals surface area contributed by atoms with Crippen LogP contribution in [0.4, 0.5) is 0 Å². The van der Waals surface area contributed by atoms with E-state index in [0.29, 0.717) is 6.42 Å². The molecule has 0 radical (unpaired) electrons. The van der Waals surface area contributed by atoms with Crippen molar-refractivity contribution in [2.45, 2.75) is 37.5 Å². The minimum atomic E-state index is -0.218. The lowest BCUT2D eigenvalue weighted by Gasteiger charge is -2.34. The fraction of sp³-hybridized carbons (Fsp3) is 0.500. The highest BCUT2D eigenvalue weighted by molar-refractivity contribution is 5.75. The summed E-state index contributed by atoms with van der Waals surface area (Å²) >= 11 is 0. The lowest BCUT2D eigenvalue weighted by molar-refractivity contribution is -0.147. The molecule has 3 nitrogen and oxygen atoms in total. The minimum absolute atomic E-state index is 0.117. The molecule has 0 heterocycles. The normalized spacial score (nSPS) is 25.8. The zero-order valence-electron chi connectivity index (χ0n) is 11.3. The van der Waals surface area contributed by atoms with Gasteiger partial charge in [0.15, 0.2) is 0 Å². The lowest BCUT2D eigenvalue weighted by Crippen LogP contribution is -2.36. The van der Waals surface area contributed by atoms with Gasteiger partial charge in [0.05, 0.1) is 19.1 Å². The number of ether oxygens (including phenoxy) is 1. The zero-order chi connectivity index (χ0) is 13.7. The highest BCUT2D eigenvalue weighted by Crippen LogP contribution is 2.49. The Hall–Kier alpha value is -1.82. The number of carbonyl (C=O) groups is 1. The van der Waals surface area contributed by atoms with Crippen molar-refractivity contribution < 1.29 is 9.53 Å². The average Bonchev–Trinajstić information content (AvgIpc) is 2.90. The van der Waals surface area contributed by atoms with E-state index in [9.17, 15) is 4.79 Å². The molecule has 1 aliphatic carbocycles. The van der Waals surface area contributed by atoms with Crippen molar-refractivity contribution in [3.05, 3.63) is 35.9 Å². The number of nitriles is 1. The third kappa shape index (κ3) is 2.49. The fourth-order valence-corrected chi connectivity index (χ4v) is 3.40. The summed E-state index contributed by atoms with van der Waals surface area (Å²) in [5, 5.41) is 8.90. The van der Waals surface area contributed by atoms with Crippen molar-refractivity contribution in [3.8, 4) is 6.07 Å². The number of hydrogen-bond acceptors (Lipinski definition) is 3. The topological polar surface area (TPSA) is 50.1 Å². The molecule has 3 heteroatoms. The van der Waals surface area contributed by atoms with E-state index in [1.165, 1.54) is 7.11 Å². The van der Waals surface area contributed by atoms with Crippen LogP contribution in [0.5, 0.6) is 0 Å². The van der Waals surface area contributed by atoms with Crippen LogP contribution in [0, 0.1) is 17.2 Å². The van der Waals surface area contributed by atoms with E-state index in [1.807, 2.05) is 18.2 Å². The standard InChI is InChI=1S/C16H19NO2/c1-19-15(18)14-9-5-10-16(14,11-6-12-17)13-7-3-2-4-8-13/h2-4,7-8,14H,5-6,9-11H2,1H3. The maximum Gasteiger partial charge on any atom is 0.309 e. The second-order valence-electron chi connectivity index (χ2n) is 5.15. The average molecular weight is 257 g/mol. The van der Waals surface area contributed by atoms with E-state index in [-0.39, 0.29) is 17.3 Å². The molecule has 0 aromatic heterocycles.